The molecule has 0 spiro atoms. The fourth-order valence-corrected chi connectivity index (χ4v) is 3.91. The molecule has 1 aliphatic carbocycles. The molecule has 0 heterocycles. The quantitative estimate of drug-likeness (QED) is 0.649. The van der Waals surface area contributed by atoms with E-state index in [9.17, 15) is 24.6 Å². The van der Waals surface area contributed by atoms with Gasteiger partial charge in [-0.2, -0.15) is 0 Å². The molecule has 0 unspecified atom stereocenters. The number of phenols is 2. The minimum Gasteiger partial charge on any atom is -0.507 e. The van der Waals surface area contributed by atoms with E-state index >= 15 is 0 Å². The van der Waals surface area contributed by atoms with Crippen LogP contribution in [0.25, 0.3) is 0 Å². The minimum atomic E-state index is -0.813. The zero-order valence-electron chi connectivity index (χ0n) is 16.1. The number of fused-ring (bicyclic) bond motifs is 2. The molecule has 0 saturated carbocycles. The second-order valence-corrected chi connectivity index (χ2v) is 7.08. The summed E-state index contributed by atoms with van der Waals surface area (Å²) < 4.78 is 4.68. The van der Waals surface area contributed by atoms with Gasteiger partial charge in [0.1, 0.15) is 17.3 Å². The molecule has 0 aliphatic heterocycles. The number of carbonyl (C=O) groups is 3. The van der Waals surface area contributed by atoms with E-state index in [0.29, 0.717) is 22.3 Å². The highest BCUT2D eigenvalue weighted by Crippen LogP contribution is 2.43. The van der Waals surface area contributed by atoms with Crippen LogP contribution in [0.3, 0.4) is 0 Å². The highest BCUT2D eigenvalue weighted by molar-refractivity contribution is 6.18. The number of phenolic OH excluding ortho intramolecular Hbond substituents is 2. The second-order valence-electron chi connectivity index (χ2n) is 7.08. The molecule has 1 aliphatic rings. The highest BCUT2D eigenvalue weighted by atomic mass is 16.5. The molecule has 0 aromatic heterocycles. The van der Waals surface area contributed by atoms with Crippen LogP contribution in [0.2, 0.25) is 0 Å². The molecule has 0 fully saturated rings. The van der Waals surface area contributed by atoms with Gasteiger partial charge in [-0.15, -0.1) is 0 Å². The van der Waals surface area contributed by atoms with Crippen LogP contribution in [0.4, 0.5) is 0 Å². The van der Waals surface area contributed by atoms with Crippen molar-refractivity contribution in [2.45, 2.75) is 12.3 Å². The number of hydrogen-bond acceptors (Lipinski definition) is 6. The summed E-state index contributed by atoms with van der Waals surface area (Å²) in [4.78, 5) is 37.9. The fourth-order valence-electron chi connectivity index (χ4n) is 3.91. The number of Topliss-reactive ketones (excluding diaryl/α,β-unsaturated/α-hetero) is 1. The third kappa shape index (κ3) is 3.12. The molecular formula is C24H18O6. The van der Waals surface area contributed by atoms with Gasteiger partial charge in [0.05, 0.1) is 29.7 Å². The van der Waals surface area contributed by atoms with Gasteiger partial charge < -0.3 is 14.9 Å². The van der Waals surface area contributed by atoms with Gasteiger partial charge in [-0.1, -0.05) is 36.4 Å². The van der Waals surface area contributed by atoms with Gasteiger partial charge in [-0.05, 0) is 41.0 Å². The van der Waals surface area contributed by atoms with Gasteiger partial charge in [0.2, 0.25) is 5.78 Å². The summed E-state index contributed by atoms with van der Waals surface area (Å²) in [6.07, 6.45) is 0.0461. The summed E-state index contributed by atoms with van der Waals surface area (Å²) in [6.45, 7) is 0. The van der Waals surface area contributed by atoms with Crippen molar-refractivity contribution in [1.29, 1.82) is 0 Å². The molecule has 0 radical (unpaired) electrons. The van der Waals surface area contributed by atoms with Crippen molar-refractivity contribution >= 4 is 17.5 Å². The lowest BCUT2D eigenvalue weighted by Crippen LogP contribution is -2.26. The van der Waals surface area contributed by atoms with Gasteiger partial charge in [-0.25, -0.2) is 4.79 Å². The van der Waals surface area contributed by atoms with E-state index in [-0.39, 0.29) is 34.8 Å². The van der Waals surface area contributed by atoms with Gasteiger partial charge in [-0.3, -0.25) is 9.59 Å². The Morgan fingerprint density at radius 2 is 1.40 bits per heavy atom. The molecule has 30 heavy (non-hydrogen) atoms. The average molecular weight is 402 g/mol. The zero-order valence-corrected chi connectivity index (χ0v) is 16.1. The normalized spacial score (nSPS) is 12.8. The molecule has 0 atom stereocenters. The highest BCUT2D eigenvalue weighted by Gasteiger charge is 2.38. The molecule has 3 aromatic carbocycles. The average Bonchev–Trinajstić information content (AvgIpc) is 2.73. The summed E-state index contributed by atoms with van der Waals surface area (Å²) in [5.74, 6) is -2.45. The first-order valence-electron chi connectivity index (χ1n) is 9.30. The summed E-state index contributed by atoms with van der Waals surface area (Å²) in [5, 5.41) is 20.6. The van der Waals surface area contributed by atoms with E-state index in [1.54, 1.807) is 48.5 Å². The van der Waals surface area contributed by atoms with Crippen LogP contribution in [-0.2, 0) is 16.0 Å². The minimum absolute atomic E-state index is 0.0332. The molecule has 0 amide bonds. The molecular weight excluding hydrogens is 384 g/mol. The third-order valence-electron chi connectivity index (χ3n) is 5.30. The lowest BCUT2D eigenvalue weighted by atomic mass is 9.74. The van der Waals surface area contributed by atoms with Crippen LogP contribution in [0.5, 0.6) is 11.5 Å². The van der Waals surface area contributed by atoms with Crippen molar-refractivity contribution in [1.82, 2.24) is 0 Å². The predicted octanol–water partition coefficient (Wildman–Crippen LogP) is 3.37. The molecule has 4 rings (SSSR count). The lowest BCUT2D eigenvalue weighted by Gasteiger charge is -2.27. The fraction of sp³-hybridized carbons (Fsp3) is 0.125. The lowest BCUT2D eigenvalue weighted by molar-refractivity contribution is -0.119. The van der Waals surface area contributed by atoms with Gasteiger partial charge in [0.25, 0.3) is 0 Å². The molecule has 0 saturated heterocycles. The predicted molar refractivity (Wildman–Crippen MR) is 108 cm³/mol. The molecule has 2 N–H and O–H groups in total. The Balaban J connectivity index is 1.75. The maximum absolute atomic E-state index is 13.3. The number of carbonyl (C=O) groups excluding carboxylic acids is 3. The molecule has 3 aromatic rings. The van der Waals surface area contributed by atoms with E-state index in [2.05, 4.69) is 4.74 Å². The number of methoxy groups -OCH3 is 1. The van der Waals surface area contributed by atoms with Crippen LogP contribution in [0, 0.1) is 0 Å². The summed E-state index contributed by atoms with van der Waals surface area (Å²) in [5.41, 5.74) is 1.95. The topological polar surface area (TPSA) is 101 Å². The van der Waals surface area contributed by atoms with Crippen molar-refractivity contribution < 1.29 is 29.3 Å². The number of ketones is 2. The van der Waals surface area contributed by atoms with Gasteiger partial charge in [0, 0.05) is 6.42 Å². The van der Waals surface area contributed by atoms with E-state index in [0.717, 1.165) is 0 Å². The van der Waals surface area contributed by atoms with Crippen molar-refractivity contribution in [3.63, 3.8) is 0 Å². The van der Waals surface area contributed by atoms with Crippen LogP contribution < -0.4 is 0 Å². The zero-order chi connectivity index (χ0) is 21.4. The van der Waals surface area contributed by atoms with Crippen LogP contribution in [-0.4, -0.2) is 34.9 Å². The van der Waals surface area contributed by atoms with E-state index in [1.807, 2.05) is 0 Å². The Hall–Kier alpha value is -3.93. The first-order chi connectivity index (χ1) is 14.4. The maximum atomic E-state index is 13.3. The largest absolute Gasteiger partial charge is 0.507 e. The number of rotatable bonds is 4. The summed E-state index contributed by atoms with van der Waals surface area (Å²) in [7, 11) is 1.30. The van der Waals surface area contributed by atoms with E-state index < -0.39 is 17.7 Å². The molecule has 6 nitrogen and oxygen atoms in total. The Labute approximate surface area is 172 Å². The summed E-state index contributed by atoms with van der Waals surface area (Å²) in [6, 6.07) is 15.7. The smallest absolute Gasteiger partial charge is 0.337 e. The maximum Gasteiger partial charge on any atom is 0.337 e. The van der Waals surface area contributed by atoms with E-state index in [1.165, 1.54) is 19.2 Å². The second kappa shape index (κ2) is 7.48. The van der Waals surface area contributed by atoms with Gasteiger partial charge >= 0.3 is 5.97 Å². The number of benzene rings is 3. The number of aromatic hydroxyl groups is 2. The standard InChI is InChI=1S/C24H18O6/c1-30-24(29)14-10-8-13(9-11-14)12-19(27)20-15-4-2-6-17(25)21(15)23(28)22-16(20)5-3-7-18(22)26/h2-11,20,25-26H,12H2,1H3. The Morgan fingerprint density at radius 3 is 1.90 bits per heavy atom. The first kappa shape index (κ1) is 19.4. The molecule has 0 bridgehead atoms. The number of hydrogen-bond donors (Lipinski definition) is 2. The molecule has 6 heteroatoms. The van der Waals surface area contributed by atoms with Gasteiger partial charge in [0.15, 0.2) is 0 Å². The van der Waals surface area contributed by atoms with Crippen molar-refractivity contribution in [2.24, 2.45) is 0 Å². The Morgan fingerprint density at radius 1 is 0.867 bits per heavy atom. The Bertz CT molecular complexity index is 1120. The van der Waals surface area contributed by atoms with Crippen LogP contribution in [0.15, 0.2) is 60.7 Å². The summed E-state index contributed by atoms with van der Waals surface area (Å²) >= 11 is 0. The Kier molecular flexibility index (Phi) is 4.83. The monoisotopic (exact) mass is 402 g/mol. The third-order valence-corrected chi connectivity index (χ3v) is 5.30. The van der Waals surface area contributed by atoms with Crippen molar-refractivity contribution in [3.05, 3.63) is 94.0 Å². The first-order valence-corrected chi connectivity index (χ1v) is 9.30. The van der Waals surface area contributed by atoms with Crippen LogP contribution in [0.1, 0.15) is 48.9 Å². The van der Waals surface area contributed by atoms with Crippen molar-refractivity contribution in [2.75, 3.05) is 7.11 Å². The number of esters is 1. The van der Waals surface area contributed by atoms with Crippen molar-refractivity contribution in [3.8, 4) is 11.5 Å². The molecule has 150 valence electrons. The van der Waals surface area contributed by atoms with E-state index in [4.69, 9.17) is 0 Å². The number of ether oxygens (including phenoxy) is 1. The SMILES string of the molecule is COC(=O)c1ccc(CC(=O)C2c3cccc(O)c3C(=O)c3c(O)cccc32)cc1. The van der Waals surface area contributed by atoms with Crippen LogP contribution >= 0.6 is 0 Å².